The van der Waals surface area contributed by atoms with Crippen molar-refractivity contribution in [2.24, 2.45) is 5.73 Å². The molecule has 0 bridgehead atoms. The maximum atomic E-state index is 11.5. The monoisotopic (exact) mass is 233 g/mol. The van der Waals surface area contributed by atoms with Gasteiger partial charge in [0, 0.05) is 14.2 Å². The predicted molar refractivity (Wildman–Crippen MR) is 55.9 cm³/mol. The molecule has 1 rings (SSSR count). The second kappa shape index (κ2) is 6.15. The van der Waals surface area contributed by atoms with Crippen LogP contribution in [0.5, 0.6) is 0 Å². The zero-order valence-electron chi connectivity index (χ0n) is 9.84. The van der Waals surface area contributed by atoms with E-state index in [4.69, 9.17) is 24.7 Å². The third-order valence-electron chi connectivity index (χ3n) is 2.59. The normalized spacial score (nSPS) is 37.1. The van der Waals surface area contributed by atoms with E-state index in [0.29, 0.717) is 6.61 Å². The number of methoxy groups -OCH3 is 2. The van der Waals surface area contributed by atoms with E-state index in [9.17, 15) is 4.79 Å². The third kappa shape index (κ3) is 3.15. The van der Waals surface area contributed by atoms with Crippen LogP contribution in [-0.4, -0.2) is 57.8 Å². The van der Waals surface area contributed by atoms with Crippen LogP contribution in [0.3, 0.4) is 0 Å². The number of esters is 1. The molecule has 6 heteroatoms. The molecular weight excluding hydrogens is 214 g/mol. The average molecular weight is 233 g/mol. The van der Waals surface area contributed by atoms with Gasteiger partial charge in [0.2, 0.25) is 0 Å². The largest absolute Gasteiger partial charge is 0.459 e. The lowest BCUT2D eigenvalue weighted by molar-refractivity contribution is -0.161. The van der Waals surface area contributed by atoms with Crippen LogP contribution in [0.4, 0.5) is 0 Å². The van der Waals surface area contributed by atoms with Crippen LogP contribution in [0.25, 0.3) is 0 Å². The minimum atomic E-state index is -0.754. The second-order valence-corrected chi connectivity index (χ2v) is 3.76. The highest BCUT2D eigenvalue weighted by Gasteiger charge is 2.33. The molecule has 0 aromatic carbocycles. The van der Waals surface area contributed by atoms with Crippen molar-refractivity contribution in [3.05, 3.63) is 0 Å². The lowest BCUT2D eigenvalue weighted by Gasteiger charge is -2.28. The minimum Gasteiger partial charge on any atom is -0.459 e. The van der Waals surface area contributed by atoms with E-state index >= 15 is 0 Å². The van der Waals surface area contributed by atoms with E-state index < -0.39 is 18.1 Å². The first kappa shape index (κ1) is 13.4. The van der Waals surface area contributed by atoms with Crippen LogP contribution in [-0.2, 0) is 23.7 Å². The highest BCUT2D eigenvalue weighted by molar-refractivity contribution is 5.75. The molecule has 0 aliphatic carbocycles. The number of ether oxygens (including phenoxy) is 4. The molecule has 0 aromatic rings. The topological polar surface area (TPSA) is 80.0 Å². The Bertz CT molecular complexity index is 235. The molecule has 0 unspecified atom stereocenters. The zero-order chi connectivity index (χ0) is 12.1. The molecule has 0 aromatic heterocycles. The minimum absolute atomic E-state index is 0.127. The first-order valence-electron chi connectivity index (χ1n) is 5.19. The van der Waals surface area contributed by atoms with Gasteiger partial charge in [-0.2, -0.15) is 0 Å². The van der Waals surface area contributed by atoms with E-state index in [2.05, 4.69) is 0 Å². The summed E-state index contributed by atoms with van der Waals surface area (Å²) in [6.45, 7) is 2.20. The number of carbonyl (C=O) groups is 1. The van der Waals surface area contributed by atoms with Gasteiger partial charge in [-0.1, -0.05) is 0 Å². The van der Waals surface area contributed by atoms with Crippen molar-refractivity contribution in [1.82, 2.24) is 0 Å². The van der Waals surface area contributed by atoms with Crippen molar-refractivity contribution in [2.45, 2.75) is 31.3 Å². The number of nitrogens with two attached hydrogens (primary N) is 1. The molecule has 1 aliphatic rings. The molecule has 1 heterocycles. The number of cyclic esters (lactones) is 1. The van der Waals surface area contributed by atoms with Gasteiger partial charge in [-0.15, -0.1) is 0 Å². The van der Waals surface area contributed by atoms with E-state index in [-0.39, 0.29) is 18.8 Å². The van der Waals surface area contributed by atoms with Crippen LogP contribution in [0, 0.1) is 0 Å². The SMILES string of the molecule is CO[C@H]1[C@H](C)OC(=O)[C@@H](N)COC[C@@H]1OC. The Morgan fingerprint density at radius 1 is 1.31 bits per heavy atom. The summed E-state index contributed by atoms with van der Waals surface area (Å²) in [6, 6.07) is -0.754. The van der Waals surface area contributed by atoms with E-state index in [0.717, 1.165) is 0 Å². The van der Waals surface area contributed by atoms with Gasteiger partial charge < -0.3 is 24.7 Å². The summed E-state index contributed by atoms with van der Waals surface area (Å²) >= 11 is 0. The van der Waals surface area contributed by atoms with Gasteiger partial charge in [-0.05, 0) is 6.92 Å². The van der Waals surface area contributed by atoms with Gasteiger partial charge in [0.05, 0.1) is 13.2 Å². The molecule has 2 N–H and O–H groups in total. The molecule has 1 saturated heterocycles. The fourth-order valence-corrected chi connectivity index (χ4v) is 1.66. The van der Waals surface area contributed by atoms with Crippen LogP contribution in [0.1, 0.15) is 6.92 Å². The van der Waals surface area contributed by atoms with Crippen LogP contribution < -0.4 is 5.73 Å². The molecular formula is C10H19NO5. The van der Waals surface area contributed by atoms with Crippen molar-refractivity contribution >= 4 is 5.97 Å². The molecule has 4 atom stereocenters. The maximum absolute atomic E-state index is 11.5. The Kier molecular flexibility index (Phi) is 5.14. The van der Waals surface area contributed by atoms with Gasteiger partial charge in [0.25, 0.3) is 0 Å². The summed E-state index contributed by atoms with van der Waals surface area (Å²) < 4.78 is 21.0. The summed E-state index contributed by atoms with van der Waals surface area (Å²) in [5.74, 6) is -0.480. The third-order valence-corrected chi connectivity index (χ3v) is 2.59. The van der Waals surface area contributed by atoms with E-state index in [1.165, 1.54) is 0 Å². The predicted octanol–water partition coefficient (Wildman–Crippen LogP) is -0.694. The highest BCUT2D eigenvalue weighted by Crippen LogP contribution is 2.14. The lowest BCUT2D eigenvalue weighted by atomic mass is 10.1. The van der Waals surface area contributed by atoms with E-state index in [1.807, 2.05) is 0 Å². The Hall–Kier alpha value is -0.690. The molecule has 6 nitrogen and oxygen atoms in total. The maximum Gasteiger partial charge on any atom is 0.325 e. The smallest absolute Gasteiger partial charge is 0.325 e. The van der Waals surface area contributed by atoms with Gasteiger partial charge >= 0.3 is 5.97 Å². The molecule has 0 amide bonds. The number of hydrogen-bond donors (Lipinski definition) is 1. The quantitative estimate of drug-likeness (QED) is 0.636. The summed E-state index contributed by atoms with van der Waals surface area (Å²) in [4.78, 5) is 11.5. The molecule has 16 heavy (non-hydrogen) atoms. The van der Waals surface area contributed by atoms with Gasteiger partial charge in [-0.25, -0.2) is 0 Å². The molecule has 0 radical (unpaired) electrons. The van der Waals surface area contributed by atoms with Gasteiger partial charge in [-0.3, -0.25) is 4.79 Å². The number of carbonyl (C=O) groups excluding carboxylic acids is 1. The van der Waals surface area contributed by atoms with Crippen LogP contribution >= 0.6 is 0 Å². The molecule has 1 fully saturated rings. The lowest BCUT2D eigenvalue weighted by Crippen LogP contribution is -2.43. The van der Waals surface area contributed by atoms with Crippen LogP contribution in [0.15, 0.2) is 0 Å². The Balaban J connectivity index is 2.76. The van der Waals surface area contributed by atoms with Gasteiger partial charge in [0.15, 0.2) is 0 Å². The van der Waals surface area contributed by atoms with Crippen molar-refractivity contribution in [1.29, 1.82) is 0 Å². The average Bonchev–Trinajstić information content (AvgIpc) is 2.30. The van der Waals surface area contributed by atoms with Crippen molar-refractivity contribution in [3.8, 4) is 0 Å². The van der Waals surface area contributed by atoms with E-state index in [1.54, 1.807) is 21.1 Å². The first-order chi connectivity index (χ1) is 7.60. The number of hydrogen-bond acceptors (Lipinski definition) is 6. The Labute approximate surface area is 95.0 Å². The number of rotatable bonds is 2. The van der Waals surface area contributed by atoms with Crippen LogP contribution in [0.2, 0.25) is 0 Å². The Morgan fingerprint density at radius 2 is 2.00 bits per heavy atom. The zero-order valence-corrected chi connectivity index (χ0v) is 9.84. The fourth-order valence-electron chi connectivity index (χ4n) is 1.66. The Morgan fingerprint density at radius 3 is 2.56 bits per heavy atom. The van der Waals surface area contributed by atoms with Crippen molar-refractivity contribution in [2.75, 3.05) is 27.4 Å². The van der Waals surface area contributed by atoms with Crippen molar-refractivity contribution in [3.63, 3.8) is 0 Å². The van der Waals surface area contributed by atoms with Crippen molar-refractivity contribution < 1.29 is 23.7 Å². The highest BCUT2D eigenvalue weighted by atomic mass is 16.6. The standard InChI is InChI=1S/C10H19NO5/c1-6-9(14-3)8(13-2)5-15-4-7(11)10(12)16-6/h6-9H,4-5,11H2,1-3H3/t6-,7-,8-,9-/m0/s1. The molecule has 0 saturated carbocycles. The molecule has 0 spiro atoms. The van der Waals surface area contributed by atoms with Gasteiger partial charge in [0.1, 0.15) is 24.4 Å². The first-order valence-corrected chi connectivity index (χ1v) is 5.19. The fraction of sp³-hybridized carbons (Fsp3) is 0.900. The summed E-state index contributed by atoms with van der Waals surface area (Å²) in [7, 11) is 3.10. The summed E-state index contributed by atoms with van der Waals surface area (Å²) in [5.41, 5.74) is 5.57. The summed E-state index contributed by atoms with van der Waals surface area (Å²) in [5, 5.41) is 0. The second-order valence-electron chi connectivity index (χ2n) is 3.76. The molecule has 94 valence electrons. The summed E-state index contributed by atoms with van der Waals surface area (Å²) in [6.07, 6.45) is -1.06. The molecule has 1 aliphatic heterocycles.